The van der Waals surface area contributed by atoms with Gasteiger partial charge in [0.1, 0.15) is 11.5 Å². The number of rotatable bonds is 9. The summed E-state index contributed by atoms with van der Waals surface area (Å²) in [5.74, 6) is 1.16. The average molecular weight is 354 g/mol. The summed E-state index contributed by atoms with van der Waals surface area (Å²) >= 11 is 0. The average Bonchev–Trinajstić information content (AvgIpc) is 2.64. The van der Waals surface area contributed by atoms with Crippen LogP contribution in [0.15, 0.2) is 48.5 Å². The minimum absolute atomic E-state index is 0.354. The molecule has 138 valence electrons. The molecule has 0 aliphatic rings. The van der Waals surface area contributed by atoms with Gasteiger partial charge in [-0.2, -0.15) is 0 Å². The van der Waals surface area contributed by atoms with Crippen molar-refractivity contribution in [2.75, 3.05) is 13.2 Å². The predicted octanol–water partition coefficient (Wildman–Crippen LogP) is 4.82. The van der Waals surface area contributed by atoms with Crippen LogP contribution in [0, 0.1) is 11.8 Å². The molecule has 0 atom stereocenters. The molecule has 2 aromatic carbocycles. The summed E-state index contributed by atoms with van der Waals surface area (Å²) in [4.78, 5) is 24.8. The number of ketones is 2. The van der Waals surface area contributed by atoms with Crippen LogP contribution < -0.4 is 9.47 Å². The van der Waals surface area contributed by atoms with Gasteiger partial charge in [0, 0.05) is 11.1 Å². The van der Waals surface area contributed by atoms with Gasteiger partial charge in [0.05, 0.1) is 13.2 Å². The van der Waals surface area contributed by atoms with Gasteiger partial charge in [0.25, 0.3) is 0 Å². The summed E-state index contributed by atoms with van der Waals surface area (Å²) in [6.45, 7) is 9.48. The van der Waals surface area contributed by atoms with Crippen molar-refractivity contribution in [1.82, 2.24) is 0 Å². The van der Waals surface area contributed by atoms with E-state index >= 15 is 0 Å². The molecule has 0 N–H and O–H groups in total. The zero-order valence-corrected chi connectivity index (χ0v) is 15.8. The molecule has 0 aromatic heterocycles. The normalized spacial score (nSPS) is 10.8. The van der Waals surface area contributed by atoms with E-state index in [1.54, 1.807) is 48.5 Å². The van der Waals surface area contributed by atoms with Crippen LogP contribution in [0.5, 0.6) is 11.5 Å². The van der Waals surface area contributed by atoms with Gasteiger partial charge < -0.3 is 9.47 Å². The molecule has 0 unspecified atom stereocenters. The van der Waals surface area contributed by atoms with Gasteiger partial charge >= 0.3 is 0 Å². The minimum Gasteiger partial charge on any atom is -0.493 e. The molecule has 0 spiro atoms. The number of ether oxygens (including phenoxy) is 2. The Bertz CT molecular complexity index is 662. The van der Waals surface area contributed by atoms with Crippen LogP contribution in [0.25, 0.3) is 0 Å². The largest absolute Gasteiger partial charge is 0.493 e. The number of Topliss-reactive ketones (excluding diaryl/α,β-unsaturated/α-hetero) is 2. The van der Waals surface area contributed by atoms with Crippen molar-refractivity contribution >= 4 is 11.6 Å². The van der Waals surface area contributed by atoms with Crippen LogP contribution in [-0.4, -0.2) is 24.8 Å². The molecule has 2 aromatic rings. The fraction of sp³-hybridized carbons (Fsp3) is 0.364. The first-order valence-electron chi connectivity index (χ1n) is 8.91. The first-order chi connectivity index (χ1) is 12.4. The van der Waals surface area contributed by atoms with Gasteiger partial charge in [-0.05, 0) is 60.4 Å². The lowest BCUT2D eigenvalue weighted by molar-refractivity contribution is 0.0817. The summed E-state index contributed by atoms with van der Waals surface area (Å²) in [5.41, 5.74) is 0.707. The van der Waals surface area contributed by atoms with Crippen molar-refractivity contribution in [3.8, 4) is 11.5 Å². The van der Waals surface area contributed by atoms with Crippen LogP contribution in [0.4, 0.5) is 0 Å². The third-order valence-corrected chi connectivity index (χ3v) is 3.61. The molecule has 4 heteroatoms. The summed E-state index contributed by atoms with van der Waals surface area (Å²) in [6.07, 6.45) is 0. The number of carbonyl (C=O) groups is 2. The van der Waals surface area contributed by atoms with Gasteiger partial charge in [-0.25, -0.2) is 0 Å². The summed E-state index contributed by atoms with van der Waals surface area (Å²) in [7, 11) is 0. The molecule has 0 aliphatic heterocycles. The summed E-state index contributed by atoms with van der Waals surface area (Å²) < 4.78 is 11.2. The second-order valence-corrected chi connectivity index (χ2v) is 7.12. The van der Waals surface area contributed by atoms with E-state index in [9.17, 15) is 9.59 Å². The maximum Gasteiger partial charge on any atom is 0.233 e. The highest BCUT2D eigenvalue weighted by Gasteiger charge is 2.18. The fourth-order valence-electron chi connectivity index (χ4n) is 2.19. The van der Waals surface area contributed by atoms with E-state index in [-0.39, 0.29) is 0 Å². The molecule has 0 heterocycles. The second-order valence-electron chi connectivity index (χ2n) is 7.12. The van der Waals surface area contributed by atoms with Gasteiger partial charge in [-0.1, -0.05) is 27.7 Å². The molecule has 0 saturated carbocycles. The zero-order valence-electron chi connectivity index (χ0n) is 15.8. The molecular weight excluding hydrogens is 328 g/mol. The predicted molar refractivity (Wildman–Crippen MR) is 102 cm³/mol. The summed E-state index contributed by atoms with van der Waals surface area (Å²) in [6, 6.07) is 13.3. The van der Waals surface area contributed by atoms with Gasteiger partial charge in [0.2, 0.25) is 11.6 Å². The molecule has 4 nitrogen and oxygen atoms in total. The van der Waals surface area contributed by atoms with Crippen molar-refractivity contribution in [3.63, 3.8) is 0 Å². The highest BCUT2D eigenvalue weighted by molar-refractivity contribution is 6.49. The molecule has 0 fully saturated rings. The topological polar surface area (TPSA) is 52.6 Å². The van der Waals surface area contributed by atoms with Crippen LogP contribution in [0.1, 0.15) is 48.4 Å². The van der Waals surface area contributed by atoms with E-state index in [1.807, 2.05) is 0 Å². The van der Waals surface area contributed by atoms with Gasteiger partial charge in [0.15, 0.2) is 0 Å². The Kier molecular flexibility index (Phi) is 6.96. The van der Waals surface area contributed by atoms with Crippen molar-refractivity contribution in [2.24, 2.45) is 11.8 Å². The Labute approximate surface area is 155 Å². The number of hydrogen-bond donors (Lipinski definition) is 0. The molecule has 26 heavy (non-hydrogen) atoms. The van der Waals surface area contributed by atoms with Crippen LogP contribution in [0.2, 0.25) is 0 Å². The Hall–Kier alpha value is -2.62. The van der Waals surface area contributed by atoms with Crippen LogP contribution in [-0.2, 0) is 0 Å². The molecular formula is C22H26O4. The van der Waals surface area contributed by atoms with Crippen molar-refractivity contribution < 1.29 is 19.1 Å². The Balaban J connectivity index is 2.01. The first-order valence-corrected chi connectivity index (χ1v) is 8.91. The van der Waals surface area contributed by atoms with E-state index < -0.39 is 11.6 Å². The Morgan fingerprint density at radius 1 is 0.654 bits per heavy atom. The number of benzene rings is 2. The van der Waals surface area contributed by atoms with Crippen molar-refractivity contribution in [1.29, 1.82) is 0 Å². The number of carbonyl (C=O) groups excluding carboxylic acids is 2. The molecule has 0 bridgehead atoms. The maximum atomic E-state index is 12.4. The van der Waals surface area contributed by atoms with E-state index in [0.29, 0.717) is 47.7 Å². The van der Waals surface area contributed by atoms with E-state index in [4.69, 9.17) is 9.47 Å². The maximum absolute atomic E-state index is 12.4. The molecule has 0 radical (unpaired) electrons. The second kappa shape index (κ2) is 9.18. The highest BCUT2D eigenvalue weighted by atomic mass is 16.5. The smallest absolute Gasteiger partial charge is 0.233 e. The van der Waals surface area contributed by atoms with Crippen LogP contribution >= 0.6 is 0 Å². The van der Waals surface area contributed by atoms with Crippen LogP contribution in [0.3, 0.4) is 0 Å². The van der Waals surface area contributed by atoms with E-state index in [0.717, 1.165) is 0 Å². The monoisotopic (exact) mass is 354 g/mol. The SMILES string of the molecule is CC(C)COc1ccc(C(=O)C(=O)c2ccc(OCC(C)C)cc2)cc1. The number of hydrogen-bond acceptors (Lipinski definition) is 4. The lowest BCUT2D eigenvalue weighted by Gasteiger charge is -2.09. The minimum atomic E-state index is -0.531. The van der Waals surface area contributed by atoms with Gasteiger partial charge in [-0.3, -0.25) is 9.59 Å². The van der Waals surface area contributed by atoms with Crippen molar-refractivity contribution in [3.05, 3.63) is 59.7 Å². The molecule has 0 amide bonds. The molecule has 2 rings (SSSR count). The molecule has 0 aliphatic carbocycles. The zero-order chi connectivity index (χ0) is 19.1. The van der Waals surface area contributed by atoms with E-state index in [2.05, 4.69) is 27.7 Å². The Morgan fingerprint density at radius 3 is 1.23 bits per heavy atom. The lowest BCUT2D eigenvalue weighted by atomic mass is 10.0. The van der Waals surface area contributed by atoms with Crippen molar-refractivity contribution in [2.45, 2.75) is 27.7 Å². The quantitative estimate of drug-likeness (QED) is 0.478. The van der Waals surface area contributed by atoms with E-state index in [1.165, 1.54) is 0 Å². The standard InChI is InChI=1S/C22H26O4/c1-15(2)13-25-19-9-5-17(6-10-19)21(23)22(24)18-7-11-20(12-8-18)26-14-16(3)4/h5-12,15-16H,13-14H2,1-4H3. The van der Waals surface area contributed by atoms with Gasteiger partial charge in [-0.15, -0.1) is 0 Å². The lowest BCUT2D eigenvalue weighted by Crippen LogP contribution is -2.14. The fourth-order valence-corrected chi connectivity index (χ4v) is 2.19. The Morgan fingerprint density at radius 2 is 0.962 bits per heavy atom. The summed E-state index contributed by atoms with van der Waals surface area (Å²) in [5, 5.41) is 0. The first kappa shape index (κ1) is 19.7. The molecule has 0 saturated heterocycles. The third kappa shape index (κ3) is 5.73. The highest BCUT2D eigenvalue weighted by Crippen LogP contribution is 2.17. The third-order valence-electron chi connectivity index (χ3n) is 3.61.